The molecule has 2 aromatic rings. The summed E-state index contributed by atoms with van der Waals surface area (Å²) in [7, 11) is 0. The van der Waals surface area contributed by atoms with Gasteiger partial charge in [0.2, 0.25) is 0 Å². The van der Waals surface area contributed by atoms with Crippen LogP contribution in [0.25, 0.3) is 10.2 Å². The molecule has 0 aromatic carbocycles. The summed E-state index contributed by atoms with van der Waals surface area (Å²) in [6.45, 7) is 1.84. The average Bonchev–Trinajstić information content (AvgIpc) is 2.56. The minimum Gasteiger partial charge on any atom is -0.396 e. The first kappa shape index (κ1) is 11.0. The summed E-state index contributed by atoms with van der Waals surface area (Å²) in [5.74, 6) is 0.136. The largest absolute Gasteiger partial charge is 0.396 e. The maximum absolute atomic E-state index is 11.1. The van der Waals surface area contributed by atoms with Crippen LogP contribution in [0, 0.1) is 6.92 Å². The zero-order valence-electron chi connectivity index (χ0n) is 8.73. The van der Waals surface area contributed by atoms with Crippen LogP contribution in [-0.2, 0) is 6.42 Å². The number of hydrogen-bond acceptors (Lipinski definition) is 5. The molecule has 0 bridgehead atoms. The number of thiophene rings is 1. The van der Waals surface area contributed by atoms with E-state index in [4.69, 9.17) is 10.8 Å². The molecule has 1 amide bonds. The van der Waals surface area contributed by atoms with E-state index in [9.17, 15) is 4.79 Å². The number of carbonyl (C=O) groups excluding carboxylic acids is 1. The first-order valence-corrected chi connectivity index (χ1v) is 5.61. The van der Waals surface area contributed by atoms with Crippen LogP contribution in [0.5, 0.6) is 0 Å². The Morgan fingerprint density at radius 2 is 2.38 bits per heavy atom. The van der Waals surface area contributed by atoms with Gasteiger partial charge in [-0.15, -0.1) is 11.3 Å². The zero-order chi connectivity index (χ0) is 11.7. The number of aromatic nitrogens is 2. The number of primary amides is 1. The van der Waals surface area contributed by atoms with Gasteiger partial charge in [0.25, 0.3) is 5.91 Å². The summed E-state index contributed by atoms with van der Waals surface area (Å²) in [5, 5.41) is 9.64. The quantitative estimate of drug-likeness (QED) is 0.819. The highest BCUT2D eigenvalue weighted by molar-refractivity contribution is 7.20. The third-order valence-corrected chi connectivity index (χ3v) is 3.52. The summed E-state index contributed by atoms with van der Waals surface area (Å²) < 4.78 is 0. The number of aliphatic hydroxyl groups excluding tert-OH is 1. The first-order valence-electron chi connectivity index (χ1n) is 4.79. The maximum Gasteiger partial charge on any atom is 0.259 e. The van der Waals surface area contributed by atoms with Gasteiger partial charge in [0.05, 0.1) is 11.5 Å². The molecule has 0 spiro atoms. The fraction of sp³-hybridized carbons (Fsp3) is 0.300. The van der Waals surface area contributed by atoms with E-state index in [2.05, 4.69) is 9.97 Å². The van der Waals surface area contributed by atoms with Gasteiger partial charge in [-0.25, -0.2) is 9.97 Å². The Morgan fingerprint density at radius 3 is 3.00 bits per heavy atom. The number of fused-ring (bicyclic) bond motifs is 1. The molecule has 0 aliphatic heterocycles. The molecule has 0 fully saturated rings. The Morgan fingerprint density at radius 1 is 1.62 bits per heavy atom. The van der Waals surface area contributed by atoms with Gasteiger partial charge in [-0.2, -0.15) is 0 Å². The molecule has 6 heteroatoms. The Bertz CT molecular complexity index is 550. The van der Waals surface area contributed by atoms with Crippen LogP contribution in [0.15, 0.2) is 6.20 Å². The van der Waals surface area contributed by atoms with Crippen molar-refractivity contribution in [1.29, 1.82) is 0 Å². The summed E-state index contributed by atoms with van der Waals surface area (Å²) in [5.41, 5.74) is 6.08. The van der Waals surface area contributed by atoms with Crippen LogP contribution in [-0.4, -0.2) is 27.6 Å². The van der Waals surface area contributed by atoms with Crippen LogP contribution >= 0.6 is 11.3 Å². The van der Waals surface area contributed by atoms with Gasteiger partial charge in [-0.05, 0) is 12.5 Å². The molecule has 0 saturated carbocycles. The monoisotopic (exact) mass is 237 g/mol. The van der Waals surface area contributed by atoms with E-state index in [0.717, 1.165) is 15.8 Å². The standard InChI is InChI=1S/C10H11N3O2S/c1-5-6-4-12-7(2-3-14)13-10(6)16-8(5)9(11)15/h4,14H,2-3H2,1H3,(H2,11,15). The van der Waals surface area contributed by atoms with Gasteiger partial charge in [0.1, 0.15) is 10.7 Å². The van der Waals surface area contributed by atoms with E-state index in [-0.39, 0.29) is 6.61 Å². The third-order valence-electron chi connectivity index (χ3n) is 2.31. The van der Waals surface area contributed by atoms with E-state index in [1.165, 1.54) is 11.3 Å². The van der Waals surface area contributed by atoms with E-state index >= 15 is 0 Å². The van der Waals surface area contributed by atoms with Crippen molar-refractivity contribution in [3.63, 3.8) is 0 Å². The lowest BCUT2D eigenvalue weighted by Crippen LogP contribution is -2.09. The van der Waals surface area contributed by atoms with E-state index in [1.54, 1.807) is 6.20 Å². The van der Waals surface area contributed by atoms with Gasteiger partial charge in [-0.3, -0.25) is 4.79 Å². The normalized spacial score (nSPS) is 10.9. The van der Waals surface area contributed by atoms with Gasteiger partial charge in [-0.1, -0.05) is 0 Å². The summed E-state index contributed by atoms with van der Waals surface area (Å²) in [6.07, 6.45) is 2.09. The molecule has 16 heavy (non-hydrogen) atoms. The lowest BCUT2D eigenvalue weighted by molar-refractivity contribution is 0.100. The second-order valence-corrected chi connectivity index (χ2v) is 4.40. The lowest BCUT2D eigenvalue weighted by Gasteiger charge is -1.96. The van der Waals surface area contributed by atoms with Crippen LogP contribution in [0.1, 0.15) is 21.1 Å². The smallest absolute Gasteiger partial charge is 0.259 e. The predicted molar refractivity (Wildman–Crippen MR) is 61.5 cm³/mol. The number of carbonyl (C=O) groups is 1. The third kappa shape index (κ3) is 1.77. The van der Waals surface area contributed by atoms with Crippen LogP contribution < -0.4 is 5.73 Å². The van der Waals surface area contributed by atoms with Crippen molar-refractivity contribution in [1.82, 2.24) is 9.97 Å². The molecule has 0 aliphatic carbocycles. The second kappa shape index (κ2) is 4.15. The van der Waals surface area contributed by atoms with Gasteiger partial charge in [0, 0.05) is 18.0 Å². The molecule has 2 heterocycles. The molecule has 2 rings (SSSR count). The highest BCUT2D eigenvalue weighted by atomic mass is 32.1. The highest BCUT2D eigenvalue weighted by Crippen LogP contribution is 2.28. The molecule has 84 valence electrons. The van der Waals surface area contributed by atoms with E-state index in [1.807, 2.05) is 6.92 Å². The molecule has 0 aliphatic rings. The number of aryl methyl sites for hydroxylation is 1. The minimum atomic E-state index is -0.441. The molecule has 0 radical (unpaired) electrons. The van der Waals surface area contributed by atoms with Gasteiger partial charge < -0.3 is 10.8 Å². The van der Waals surface area contributed by atoms with Crippen LogP contribution in [0.4, 0.5) is 0 Å². The molecule has 0 atom stereocenters. The van der Waals surface area contributed by atoms with Gasteiger partial charge in [0.15, 0.2) is 0 Å². The summed E-state index contributed by atoms with van der Waals surface area (Å²) in [4.78, 5) is 20.8. The molecule has 0 saturated heterocycles. The van der Waals surface area contributed by atoms with Crippen LogP contribution in [0.3, 0.4) is 0 Å². The first-order chi connectivity index (χ1) is 7.63. The fourth-order valence-corrected chi connectivity index (χ4v) is 2.51. The number of amides is 1. The second-order valence-electron chi connectivity index (χ2n) is 3.40. The molecule has 5 nitrogen and oxygen atoms in total. The van der Waals surface area contributed by atoms with Crippen molar-refractivity contribution in [3.8, 4) is 0 Å². The Balaban J connectivity index is 2.58. The van der Waals surface area contributed by atoms with Crippen molar-refractivity contribution in [2.45, 2.75) is 13.3 Å². The summed E-state index contributed by atoms with van der Waals surface area (Å²) >= 11 is 1.26. The highest BCUT2D eigenvalue weighted by Gasteiger charge is 2.14. The van der Waals surface area contributed by atoms with Crippen molar-refractivity contribution in [3.05, 3.63) is 22.5 Å². The van der Waals surface area contributed by atoms with Crippen molar-refractivity contribution in [2.75, 3.05) is 6.61 Å². The topological polar surface area (TPSA) is 89.1 Å². The molecule has 3 N–H and O–H groups in total. The number of nitrogens with zero attached hydrogens (tertiary/aromatic N) is 2. The van der Waals surface area contributed by atoms with Crippen molar-refractivity contribution < 1.29 is 9.90 Å². The molecular formula is C10H11N3O2S. The number of aliphatic hydroxyl groups is 1. The predicted octanol–water partition coefficient (Wildman–Crippen LogP) is 0.633. The van der Waals surface area contributed by atoms with Gasteiger partial charge >= 0.3 is 0 Å². The minimum absolute atomic E-state index is 0.0124. The lowest BCUT2D eigenvalue weighted by atomic mass is 10.2. The van der Waals surface area contributed by atoms with E-state index in [0.29, 0.717) is 17.1 Å². The zero-order valence-corrected chi connectivity index (χ0v) is 9.54. The average molecular weight is 237 g/mol. The Labute approximate surface area is 95.9 Å². The molecule has 0 unspecified atom stereocenters. The number of rotatable bonds is 3. The molecular weight excluding hydrogens is 226 g/mol. The maximum atomic E-state index is 11.1. The SMILES string of the molecule is Cc1c(C(N)=O)sc2nc(CCO)ncc12. The Hall–Kier alpha value is -1.53. The summed E-state index contributed by atoms with van der Waals surface area (Å²) in [6, 6.07) is 0. The molecule has 2 aromatic heterocycles. The fourth-order valence-electron chi connectivity index (χ4n) is 1.49. The Kier molecular flexibility index (Phi) is 2.84. The van der Waals surface area contributed by atoms with Crippen molar-refractivity contribution in [2.24, 2.45) is 5.73 Å². The van der Waals surface area contributed by atoms with Crippen LogP contribution in [0.2, 0.25) is 0 Å². The van der Waals surface area contributed by atoms with E-state index < -0.39 is 5.91 Å². The number of nitrogens with two attached hydrogens (primary N) is 1. The van der Waals surface area contributed by atoms with Crippen molar-refractivity contribution >= 4 is 27.5 Å². The number of hydrogen-bond donors (Lipinski definition) is 2.